The van der Waals surface area contributed by atoms with E-state index >= 15 is 0 Å². The van der Waals surface area contributed by atoms with Gasteiger partial charge in [0.1, 0.15) is 0 Å². The molecule has 4 nitrogen and oxygen atoms in total. The van der Waals surface area contributed by atoms with Crippen molar-refractivity contribution in [3.8, 4) is 0 Å². The van der Waals surface area contributed by atoms with E-state index in [2.05, 4.69) is 4.18 Å². The quantitative estimate of drug-likeness (QED) is 0.520. The van der Waals surface area contributed by atoms with Crippen molar-refractivity contribution in [1.29, 1.82) is 0 Å². The summed E-state index contributed by atoms with van der Waals surface area (Å²) >= 11 is 0. The van der Waals surface area contributed by atoms with Gasteiger partial charge in [-0.15, -0.1) is 0 Å². The summed E-state index contributed by atoms with van der Waals surface area (Å²) in [6.45, 7) is 0. The maximum Gasteiger partial charge on any atom is 0.397 e. The Morgan fingerprint density at radius 1 is 1.57 bits per heavy atom. The molecule has 7 heavy (non-hydrogen) atoms. The largest absolute Gasteiger partial charge is 0.397 e. The van der Waals surface area contributed by atoms with Gasteiger partial charge >= 0.3 is 10.4 Å². The normalized spacial score (nSPS) is 10.0. The zero-order valence-electron chi connectivity index (χ0n) is 3.79. The predicted octanol–water partition coefficient (Wildman–Crippen LogP) is -0.567. The Morgan fingerprint density at radius 3 is 1.71 bits per heavy atom. The topological polar surface area (TPSA) is 63.6 Å². The zero-order chi connectivity index (χ0) is 5.21. The van der Waals surface area contributed by atoms with Crippen molar-refractivity contribution in [3.05, 3.63) is 0 Å². The van der Waals surface area contributed by atoms with E-state index in [9.17, 15) is 8.42 Å². The van der Waals surface area contributed by atoms with Crippen LogP contribution in [0.25, 0.3) is 0 Å². The fourth-order valence-corrected chi connectivity index (χ4v) is 0. The molecular weight excluding hydrogens is 309 g/mol. The standard InChI is InChI=1S/CH4O4S.Hg/c1-5-6(2,3)4;/h1H3,(H,2,3,4);. The molecule has 0 heterocycles. The molecule has 0 fully saturated rings. The van der Waals surface area contributed by atoms with E-state index in [1.54, 1.807) is 0 Å². The second-order valence-corrected chi connectivity index (χ2v) is 1.78. The summed E-state index contributed by atoms with van der Waals surface area (Å²) in [5.74, 6) is 0. The maximum atomic E-state index is 9.33. The SMILES string of the molecule is COS(=O)(=O)O.[Hg]. The van der Waals surface area contributed by atoms with Crippen LogP contribution in [0.1, 0.15) is 0 Å². The van der Waals surface area contributed by atoms with Gasteiger partial charge in [-0.2, -0.15) is 8.42 Å². The summed E-state index contributed by atoms with van der Waals surface area (Å²) in [5.41, 5.74) is 0. The summed E-state index contributed by atoms with van der Waals surface area (Å²) in [7, 11) is -3.29. The van der Waals surface area contributed by atoms with E-state index in [1.807, 2.05) is 0 Å². The van der Waals surface area contributed by atoms with Crippen molar-refractivity contribution in [2.24, 2.45) is 0 Å². The second kappa shape index (κ2) is 3.76. The van der Waals surface area contributed by atoms with Crippen LogP contribution in [0.5, 0.6) is 0 Å². The van der Waals surface area contributed by atoms with Crippen molar-refractivity contribution < 1.29 is 44.8 Å². The Kier molecular flexibility index (Phi) is 5.77. The average Bonchev–Trinajstić information content (AvgIpc) is 1.35. The van der Waals surface area contributed by atoms with Crippen LogP contribution in [-0.2, 0) is 42.3 Å². The van der Waals surface area contributed by atoms with E-state index in [-0.39, 0.29) is 27.7 Å². The first-order valence-electron chi connectivity index (χ1n) is 1.09. The van der Waals surface area contributed by atoms with Crippen LogP contribution >= 0.6 is 0 Å². The molecule has 0 aromatic rings. The molecule has 0 bridgehead atoms. The third-order valence-corrected chi connectivity index (χ3v) is 0.632. The smallest absolute Gasteiger partial charge is 0.264 e. The first kappa shape index (κ1) is 10.7. The molecule has 0 saturated carbocycles. The Labute approximate surface area is 62.3 Å². The minimum Gasteiger partial charge on any atom is -0.264 e. The molecule has 0 spiro atoms. The van der Waals surface area contributed by atoms with Crippen molar-refractivity contribution in [2.45, 2.75) is 0 Å². The molecule has 0 rings (SSSR count). The molecule has 40 valence electrons. The Morgan fingerprint density at radius 2 is 1.71 bits per heavy atom. The van der Waals surface area contributed by atoms with Crippen molar-refractivity contribution in [2.75, 3.05) is 7.11 Å². The van der Waals surface area contributed by atoms with Gasteiger partial charge in [0.25, 0.3) is 0 Å². The van der Waals surface area contributed by atoms with Gasteiger partial charge in [-0.1, -0.05) is 0 Å². The third kappa shape index (κ3) is 10.9. The molecule has 0 atom stereocenters. The van der Waals surface area contributed by atoms with Crippen LogP contribution in [0, 0.1) is 0 Å². The van der Waals surface area contributed by atoms with E-state index in [4.69, 9.17) is 4.55 Å². The molecule has 0 radical (unpaired) electrons. The number of rotatable bonds is 1. The van der Waals surface area contributed by atoms with Crippen LogP contribution in [0.15, 0.2) is 0 Å². The van der Waals surface area contributed by atoms with E-state index in [0.717, 1.165) is 7.11 Å². The molecule has 0 unspecified atom stereocenters. The molecule has 0 aliphatic carbocycles. The molecule has 0 aliphatic rings. The molecule has 0 amide bonds. The average molecular weight is 313 g/mol. The number of hydrogen-bond donors (Lipinski definition) is 1. The van der Waals surface area contributed by atoms with Crippen LogP contribution in [0.3, 0.4) is 0 Å². The number of hydrogen-bond acceptors (Lipinski definition) is 3. The summed E-state index contributed by atoms with van der Waals surface area (Å²) in [5, 5.41) is 0. The Hall–Kier alpha value is 0.805. The van der Waals surface area contributed by atoms with Gasteiger partial charge in [0.2, 0.25) is 0 Å². The summed E-state index contributed by atoms with van der Waals surface area (Å²) in [6.07, 6.45) is 0. The summed E-state index contributed by atoms with van der Waals surface area (Å²) < 4.78 is 29.7. The van der Waals surface area contributed by atoms with Crippen LogP contribution in [0.2, 0.25) is 0 Å². The monoisotopic (exact) mass is 314 g/mol. The van der Waals surface area contributed by atoms with Gasteiger partial charge in [-0.25, -0.2) is 0 Å². The zero-order valence-corrected chi connectivity index (χ0v) is 10.1. The van der Waals surface area contributed by atoms with Crippen LogP contribution < -0.4 is 0 Å². The van der Waals surface area contributed by atoms with Crippen molar-refractivity contribution >= 4 is 10.4 Å². The maximum absolute atomic E-state index is 9.33. The van der Waals surface area contributed by atoms with E-state index in [0.29, 0.717) is 0 Å². The molecule has 0 aliphatic heterocycles. The van der Waals surface area contributed by atoms with Gasteiger partial charge in [-0.05, 0) is 0 Å². The molecular formula is CH4HgO4S. The summed E-state index contributed by atoms with van der Waals surface area (Å²) in [4.78, 5) is 0. The van der Waals surface area contributed by atoms with Gasteiger partial charge in [-0.3, -0.25) is 8.74 Å². The molecule has 0 aromatic carbocycles. The van der Waals surface area contributed by atoms with Gasteiger partial charge < -0.3 is 0 Å². The van der Waals surface area contributed by atoms with Crippen LogP contribution in [0.4, 0.5) is 0 Å². The van der Waals surface area contributed by atoms with E-state index in [1.165, 1.54) is 0 Å². The van der Waals surface area contributed by atoms with Gasteiger partial charge in [0, 0.05) is 27.7 Å². The minimum absolute atomic E-state index is 0. The van der Waals surface area contributed by atoms with Crippen molar-refractivity contribution in [1.82, 2.24) is 0 Å². The fraction of sp³-hybridized carbons (Fsp3) is 1.00. The summed E-state index contributed by atoms with van der Waals surface area (Å²) in [6, 6.07) is 0. The first-order valence-corrected chi connectivity index (χ1v) is 2.46. The molecule has 0 saturated heterocycles. The molecule has 0 aromatic heterocycles. The first-order chi connectivity index (χ1) is 2.56. The predicted molar refractivity (Wildman–Crippen MR) is 18.6 cm³/mol. The van der Waals surface area contributed by atoms with Gasteiger partial charge in [0.15, 0.2) is 0 Å². The molecule has 1 N–H and O–H groups in total. The Balaban J connectivity index is 0. The third-order valence-electron chi connectivity index (χ3n) is 0.211. The fourth-order valence-electron chi connectivity index (χ4n) is 0. The van der Waals surface area contributed by atoms with Crippen molar-refractivity contribution in [3.63, 3.8) is 0 Å². The van der Waals surface area contributed by atoms with E-state index < -0.39 is 10.4 Å². The minimum atomic E-state index is -4.16. The Bertz CT molecular complexity index is 114. The second-order valence-electron chi connectivity index (χ2n) is 0.594. The van der Waals surface area contributed by atoms with Crippen LogP contribution in [-0.4, -0.2) is 20.1 Å². The van der Waals surface area contributed by atoms with Gasteiger partial charge in [0.05, 0.1) is 7.11 Å². The molecule has 6 heteroatoms.